The number of aromatic nitrogens is 1. The third kappa shape index (κ3) is 3.26. The Morgan fingerprint density at radius 3 is 3.00 bits per heavy atom. The molecule has 1 aliphatic rings. The number of halogens is 1. The lowest BCUT2D eigenvalue weighted by molar-refractivity contribution is 0.0923. The van der Waals surface area contributed by atoms with Gasteiger partial charge in [0.2, 0.25) is 0 Å². The lowest BCUT2D eigenvalue weighted by Gasteiger charge is -2.17. The second kappa shape index (κ2) is 5.60. The number of aliphatic hydroxyl groups excluding tert-OH is 1. The molecule has 0 aromatic carbocycles. The van der Waals surface area contributed by atoms with Gasteiger partial charge in [0, 0.05) is 18.8 Å². The van der Waals surface area contributed by atoms with Gasteiger partial charge in [-0.15, -0.1) is 0 Å². The molecule has 1 aromatic rings. The van der Waals surface area contributed by atoms with E-state index in [9.17, 15) is 4.79 Å². The molecule has 0 aliphatic heterocycles. The van der Waals surface area contributed by atoms with Crippen molar-refractivity contribution >= 4 is 21.8 Å². The van der Waals surface area contributed by atoms with Crippen LogP contribution in [0.1, 0.15) is 29.6 Å². The van der Waals surface area contributed by atoms with Crippen LogP contribution in [0, 0.1) is 5.92 Å². The maximum Gasteiger partial charge on any atom is 0.254 e. The second-order valence-corrected chi connectivity index (χ2v) is 5.02. The molecule has 1 saturated carbocycles. The average molecular weight is 299 g/mol. The van der Waals surface area contributed by atoms with E-state index in [0.717, 1.165) is 12.8 Å². The maximum atomic E-state index is 12.0. The highest BCUT2D eigenvalue weighted by molar-refractivity contribution is 9.10. The van der Waals surface area contributed by atoms with Gasteiger partial charge in [0.1, 0.15) is 4.60 Å². The van der Waals surface area contributed by atoms with Crippen LogP contribution in [-0.4, -0.2) is 28.6 Å². The van der Waals surface area contributed by atoms with Gasteiger partial charge in [-0.1, -0.05) is 0 Å². The van der Waals surface area contributed by atoms with Gasteiger partial charge in [0.15, 0.2) is 0 Å². The summed E-state index contributed by atoms with van der Waals surface area (Å²) in [5, 5.41) is 11.9. The Balaban J connectivity index is 2.02. The molecule has 1 aromatic heterocycles. The fraction of sp³-hybridized carbons (Fsp3) is 0.500. The van der Waals surface area contributed by atoms with E-state index in [1.807, 2.05) is 0 Å². The molecular formula is C12H15BrN2O2. The van der Waals surface area contributed by atoms with Crippen LogP contribution in [0.25, 0.3) is 0 Å². The molecule has 0 spiro atoms. The Kier molecular flexibility index (Phi) is 4.12. The van der Waals surface area contributed by atoms with Gasteiger partial charge in [-0.05, 0) is 53.2 Å². The molecule has 4 nitrogen and oxygen atoms in total. The van der Waals surface area contributed by atoms with Crippen molar-refractivity contribution in [2.45, 2.75) is 25.3 Å². The number of hydrogen-bond acceptors (Lipinski definition) is 3. The molecule has 92 valence electrons. The highest BCUT2D eigenvalue weighted by Gasteiger charge is 2.32. The number of nitrogens with one attached hydrogen (secondary N) is 1. The van der Waals surface area contributed by atoms with E-state index < -0.39 is 0 Å². The fourth-order valence-electron chi connectivity index (χ4n) is 1.86. The molecule has 1 atom stereocenters. The molecule has 2 N–H and O–H groups in total. The average Bonchev–Trinajstić information content (AvgIpc) is 3.12. The van der Waals surface area contributed by atoms with Crippen LogP contribution in [0.2, 0.25) is 0 Å². The SMILES string of the molecule is O=C(NC(CCO)C1CC1)c1cccnc1Br. The van der Waals surface area contributed by atoms with Crippen molar-refractivity contribution in [2.24, 2.45) is 5.92 Å². The summed E-state index contributed by atoms with van der Waals surface area (Å²) < 4.78 is 0.552. The predicted octanol–water partition coefficient (Wildman–Crippen LogP) is 1.73. The first-order valence-electron chi connectivity index (χ1n) is 5.74. The number of carbonyl (C=O) groups is 1. The summed E-state index contributed by atoms with van der Waals surface area (Å²) >= 11 is 3.26. The lowest BCUT2D eigenvalue weighted by Crippen LogP contribution is -2.37. The Morgan fingerprint density at radius 2 is 2.41 bits per heavy atom. The smallest absolute Gasteiger partial charge is 0.254 e. The summed E-state index contributed by atoms with van der Waals surface area (Å²) in [7, 11) is 0. The first-order chi connectivity index (χ1) is 8.22. The zero-order valence-electron chi connectivity index (χ0n) is 9.40. The van der Waals surface area contributed by atoms with E-state index in [1.54, 1.807) is 18.3 Å². The summed E-state index contributed by atoms with van der Waals surface area (Å²) in [5.74, 6) is 0.400. The normalized spacial score (nSPS) is 16.6. The van der Waals surface area contributed by atoms with Crippen LogP contribution < -0.4 is 5.32 Å². The fourth-order valence-corrected chi connectivity index (χ4v) is 2.30. The number of nitrogens with zero attached hydrogens (tertiary/aromatic N) is 1. The highest BCUT2D eigenvalue weighted by atomic mass is 79.9. The molecule has 0 saturated heterocycles. The molecule has 1 aliphatic carbocycles. The van der Waals surface area contributed by atoms with Crippen molar-refractivity contribution in [3.8, 4) is 0 Å². The van der Waals surface area contributed by atoms with Crippen LogP contribution in [0.15, 0.2) is 22.9 Å². The topological polar surface area (TPSA) is 62.2 Å². The van der Waals surface area contributed by atoms with Crippen molar-refractivity contribution in [3.05, 3.63) is 28.5 Å². The molecule has 1 amide bonds. The van der Waals surface area contributed by atoms with Crippen LogP contribution in [0.4, 0.5) is 0 Å². The van der Waals surface area contributed by atoms with Gasteiger partial charge in [-0.2, -0.15) is 0 Å². The molecule has 17 heavy (non-hydrogen) atoms. The van der Waals surface area contributed by atoms with Crippen molar-refractivity contribution in [1.29, 1.82) is 0 Å². The first kappa shape index (κ1) is 12.5. The van der Waals surface area contributed by atoms with Gasteiger partial charge in [-0.25, -0.2) is 4.98 Å². The Bertz CT molecular complexity index is 407. The first-order valence-corrected chi connectivity index (χ1v) is 6.54. The Labute approximate surface area is 109 Å². The van der Waals surface area contributed by atoms with Gasteiger partial charge >= 0.3 is 0 Å². The van der Waals surface area contributed by atoms with Gasteiger partial charge < -0.3 is 10.4 Å². The zero-order chi connectivity index (χ0) is 12.3. The molecule has 1 heterocycles. The summed E-state index contributed by atoms with van der Waals surface area (Å²) in [6.45, 7) is 0.107. The quantitative estimate of drug-likeness (QED) is 0.814. The van der Waals surface area contributed by atoms with Crippen molar-refractivity contribution < 1.29 is 9.90 Å². The summed E-state index contributed by atoms with van der Waals surface area (Å²) in [6.07, 6.45) is 4.53. The summed E-state index contributed by atoms with van der Waals surface area (Å²) in [4.78, 5) is 16.0. The van der Waals surface area contributed by atoms with Gasteiger partial charge in [-0.3, -0.25) is 4.79 Å². The molecular weight excluding hydrogens is 284 g/mol. The Morgan fingerprint density at radius 1 is 1.65 bits per heavy atom. The van der Waals surface area contributed by atoms with Gasteiger partial charge in [0.25, 0.3) is 5.91 Å². The van der Waals surface area contributed by atoms with Crippen molar-refractivity contribution in [3.63, 3.8) is 0 Å². The molecule has 1 unspecified atom stereocenters. The van der Waals surface area contributed by atoms with Crippen LogP contribution in [0.3, 0.4) is 0 Å². The van der Waals surface area contributed by atoms with E-state index in [1.165, 1.54) is 0 Å². The highest BCUT2D eigenvalue weighted by Crippen LogP contribution is 2.34. The molecule has 1 fully saturated rings. The second-order valence-electron chi connectivity index (χ2n) is 4.27. The van der Waals surface area contributed by atoms with E-state index in [2.05, 4.69) is 26.2 Å². The van der Waals surface area contributed by atoms with E-state index in [0.29, 0.717) is 22.5 Å². The zero-order valence-corrected chi connectivity index (χ0v) is 11.0. The minimum absolute atomic E-state index is 0.0830. The van der Waals surface area contributed by atoms with E-state index in [-0.39, 0.29) is 18.6 Å². The van der Waals surface area contributed by atoms with E-state index in [4.69, 9.17) is 5.11 Å². The summed E-state index contributed by atoms with van der Waals surface area (Å²) in [5.41, 5.74) is 0.538. The maximum absolute atomic E-state index is 12.0. The molecule has 0 bridgehead atoms. The number of hydrogen-bond donors (Lipinski definition) is 2. The van der Waals surface area contributed by atoms with E-state index >= 15 is 0 Å². The molecule has 2 rings (SSSR count). The summed E-state index contributed by atoms with van der Waals surface area (Å²) in [6, 6.07) is 3.55. The van der Waals surface area contributed by atoms with Crippen molar-refractivity contribution in [1.82, 2.24) is 10.3 Å². The minimum Gasteiger partial charge on any atom is -0.396 e. The Hall–Kier alpha value is -0.940. The number of rotatable bonds is 5. The monoisotopic (exact) mass is 298 g/mol. The molecule has 5 heteroatoms. The third-order valence-corrected chi connectivity index (χ3v) is 3.58. The van der Waals surface area contributed by atoms with Gasteiger partial charge in [0.05, 0.1) is 5.56 Å². The standard InChI is InChI=1S/C12H15BrN2O2/c13-11-9(2-1-6-14-11)12(17)15-10(5-7-16)8-3-4-8/h1-2,6,8,10,16H,3-5,7H2,(H,15,17). The molecule has 0 radical (unpaired) electrons. The minimum atomic E-state index is -0.129. The number of carbonyl (C=O) groups excluding carboxylic acids is 1. The number of amides is 1. The van der Waals surface area contributed by atoms with Crippen LogP contribution in [-0.2, 0) is 0 Å². The lowest BCUT2D eigenvalue weighted by atomic mass is 10.1. The largest absolute Gasteiger partial charge is 0.396 e. The van der Waals surface area contributed by atoms with Crippen molar-refractivity contribution in [2.75, 3.05) is 6.61 Å². The van der Waals surface area contributed by atoms with Crippen LogP contribution in [0.5, 0.6) is 0 Å². The van der Waals surface area contributed by atoms with Crippen LogP contribution >= 0.6 is 15.9 Å². The number of pyridine rings is 1. The predicted molar refractivity (Wildman–Crippen MR) is 67.6 cm³/mol. The third-order valence-electron chi connectivity index (χ3n) is 2.95. The number of aliphatic hydroxyl groups is 1.